The Morgan fingerprint density at radius 3 is 2.82 bits per heavy atom. The highest BCUT2D eigenvalue weighted by Crippen LogP contribution is 2.22. The molecule has 0 radical (unpaired) electrons. The smallest absolute Gasteiger partial charge is 0.223 e. The Hall–Kier alpha value is -1.71. The fourth-order valence-corrected chi connectivity index (χ4v) is 1.41. The van der Waals surface area contributed by atoms with Gasteiger partial charge in [0.25, 0.3) is 0 Å². The molecular formula is C13H20N2O2. The second kappa shape index (κ2) is 6.13. The Bertz CT molecular complexity index is 389. The lowest BCUT2D eigenvalue weighted by Crippen LogP contribution is -2.31. The normalized spacial score (nSPS) is 10.4. The first-order valence-electron chi connectivity index (χ1n) is 5.77. The molecular weight excluding hydrogens is 216 g/mol. The number of hydrogen-bond acceptors (Lipinski definition) is 3. The van der Waals surface area contributed by atoms with E-state index < -0.39 is 0 Å². The van der Waals surface area contributed by atoms with Crippen LogP contribution < -0.4 is 15.8 Å². The first kappa shape index (κ1) is 13.4. The number of rotatable bonds is 5. The predicted octanol–water partition coefficient (Wildman–Crippen LogP) is 1.87. The number of nitrogen functional groups attached to an aromatic ring is 1. The monoisotopic (exact) mass is 236 g/mol. The molecule has 0 aliphatic carbocycles. The number of carbonyl (C=O) groups excluding carboxylic acids is 1. The molecule has 0 unspecified atom stereocenters. The van der Waals surface area contributed by atoms with Crippen molar-refractivity contribution in [3.63, 3.8) is 0 Å². The molecule has 3 N–H and O–H groups in total. The van der Waals surface area contributed by atoms with Crippen molar-refractivity contribution in [1.82, 2.24) is 5.32 Å². The van der Waals surface area contributed by atoms with Crippen LogP contribution in [0.5, 0.6) is 5.75 Å². The van der Waals surface area contributed by atoms with E-state index in [1.54, 1.807) is 6.07 Å². The Kier molecular flexibility index (Phi) is 4.82. The van der Waals surface area contributed by atoms with E-state index in [4.69, 9.17) is 10.5 Å². The van der Waals surface area contributed by atoms with Gasteiger partial charge in [0.2, 0.25) is 5.91 Å². The summed E-state index contributed by atoms with van der Waals surface area (Å²) in [7, 11) is 0. The van der Waals surface area contributed by atoms with Gasteiger partial charge in [-0.15, -0.1) is 0 Å². The van der Waals surface area contributed by atoms with E-state index >= 15 is 0 Å². The summed E-state index contributed by atoms with van der Waals surface area (Å²) >= 11 is 0. The molecule has 1 aromatic carbocycles. The molecule has 0 atom stereocenters. The molecule has 17 heavy (non-hydrogen) atoms. The molecule has 0 aliphatic rings. The summed E-state index contributed by atoms with van der Waals surface area (Å²) in [5, 5.41) is 2.80. The number of carbonyl (C=O) groups is 1. The van der Waals surface area contributed by atoms with Crippen molar-refractivity contribution in [2.45, 2.75) is 33.2 Å². The molecule has 0 spiro atoms. The topological polar surface area (TPSA) is 64.3 Å². The Morgan fingerprint density at radius 1 is 1.47 bits per heavy atom. The first-order chi connectivity index (χ1) is 7.99. The zero-order valence-electron chi connectivity index (χ0n) is 10.6. The molecule has 1 aromatic rings. The molecule has 1 rings (SSSR count). The van der Waals surface area contributed by atoms with Gasteiger partial charge in [0.05, 0.1) is 18.7 Å². The average Bonchev–Trinajstić information content (AvgIpc) is 2.22. The Balaban J connectivity index is 2.40. The third-order valence-electron chi connectivity index (χ3n) is 2.21. The van der Waals surface area contributed by atoms with Crippen molar-refractivity contribution in [2.75, 3.05) is 12.3 Å². The van der Waals surface area contributed by atoms with E-state index in [1.165, 1.54) is 0 Å². The van der Waals surface area contributed by atoms with Gasteiger partial charge in [0.15, 0.2) is 0 Å². The van der Waals surface area contributed by atoms with Crippen LogP contribution in [0.4, 0.5) is 5.69 Å². The summed E-state index contributed by atoms with van der Waals surface area (Å²) in [4.78, 5) is 11.4. The second-order valence-corrected chi connectivity index (χ2v) is 4.36. The average molecular weight is 236 g/mol. The van der Waals surface area contributed by atoms with Crippen LogP contribution in [-0.2, 0) is 4.79 Å². The number of hydrogen-bond donors (Lipinski definition) is 2. The maximum absolute atomic E-state index is 11.4. The van der Waals surface area contributed by atoms with Crippen LogP contribution in [0.15, 0.2) is 18.2 Å². The van der Waals surface area contributed by atoms with E-state index in [0.29, 0.717) is 24.5 Å². The van der Waals surface area contributed by atoms with Crippen LogP contribution in [0.1, 0.15) is 25.8 Å². The highest BCUT2D eigenvalue weighted by Gasteiger charge is 2.05. The minimum Gasteiger partial charge on any atom is -0.491 e. The number of ether oxygens (including phenoxy) is 1. The molecule has 4 nitrogen and oxygen atoms in total. The van der Waals surface area contributed by atoms with Gasteiger partial charge in [-0.2, -0.15) is 0 Å². The van der Waals surface area contributed by atoms with E-state index in [0.717, 1.165) is 5.56 Å². The highest BCUT2D eigenvalue weighted by atomic mass is 16.5. The third kappa shape index (κ3) is 4.76. The molecule has 0 bridgehead atoms. The molecule has 0 fully saturated rings. The number of anilines is 1. The summed E-state index contributed by atoms with van der Waals surface area (Å²) < 4.78 is 5.48. The summed E-state index contributed by atoms with van der Waals surface area (Å²) in [5.41, 5.74) is 7.44. The minimum atomic E-state index is -0.00813. The van der Waals surface area contributed by atoms with Gasteiger partial charge in [-0.1, -0.05) is 6.07 Å². The molecule has 0 aromatic heterocycles. The fourth-order valence-electron chi connectivity index (χ4n) is 1.41. The molecule has 4 heteroatoms. The lowest BCUT2D eigenvalue weighted by Gasteiger charge is -2.11. The van der Waals surface area contributed by atoms with Gasteiger partial charge in [-0.05, 0) is 38.5 Å². The van der Waals surface area contributed by atoms with Gasteiger partial charge in [-0.25, -0.2) is 0 Å². The fraction of sp³-hybridized carbons (Fsp3) is 0.462. The maximum Gasteiger partial charge on any atom is 0.223 e. The van der Waals surface area contributed by atoms with Gasteiger partial charge >= 0.3 is 0 Å². The van der Waals surface area contributed by atoms with E-state index in [9.17, 15) is 4.79 Å². The number of nitrogens with one attached hydrogen (secondary N) is 1. The van der Waals surface area contributed by atoms with Crippen LogP contribution in [0.2, 0.25) is 0 Å². The second-order valence-electron chi connectivity index (χ2n) is 4.36. The lowest BCUT2D eigenvalue weighted by molar-refractivity contribution is -0.122. The zero-order chi connectivity index (χ0) is 12.8. The molecule has 94 valence electrons. The summed E-state index contributed by atoms with van der Waals surface area (Å²) in [6.45, 7) is 6.17. The summed E-state index contributed by atoms with van der Waals surface area (Å²) in [6.07, 6.45) is 0.339. The van der Waals surface area contributed by atoms with Crippen molar-refractivity contribution in [3.8, 4) is 5.75 Å². The van der Waals surface area contributed by atoms with E-state index in [2.05, 4.69) is 5.32 Å². The predicted molar refractivity (Wildman–Crippen MR) is 69.0 cm³/mol. The van der Waals surface area contributed by atoms with Crippen LogP contribution in [0.3, 0.4) is 0 Å². The third-order valence-corrected chi connectivity index (χ3v) is 2.21. The van der Waals surface area contributed by atoms with Gasteiger partial charge in [0, 0.05) is 6.04 Å². The van der Waals surface area contributed by atoms with Crippen LogP contribution in [0.25, 0.3) is 0 Å². The quantitative estimate of drug-likeness (QED) is 0.767. The van der Waals surface area contributed by atoms with Gasteiger partial charge in [0.1, 0.15) is 5.75 Å². The SMILES string of the molecule is Cc1ccc(N)c(OCCC(=O)NC(C)C)c1. The van der Waals surface area contributed by atoms with Crippen LogP contribution in [-0.4, -0.2) is 18.6 Å². The van der Waals surface area contributed by atoms with E-state index in [-0.39, 0.29) is 11.9 Å². The molecule has 0 saturated carbocycles. The first-order valence-corrected chi connectivity index (χ1v) is 5.77. The van der Waals surface area contributed by atoms with E-state index in [1.807, 2.05) is 32.9 Å². The zero-order valence-corrected chi connectivity index (χ0v) is 10.6. The van der Waals surface area contributed by atoms with Crippen molar-refractivity contribution in [2.24, 2.45) is 0 Å². The summed E-state index contributed by atoms with van der Waals surface area (Å²) in [6, 6.07) is 5.76. The molecule has 0 aliphatic heterocycles. The highest BCUT2D eigenvalue weighted by molar-refractivity contribution is 5.76. The van der Waals surface area contributed by atoms with Crippen LogP contribution in [0, 0.1) is 6.92 Å². The van der Waals surface area contributed by atoms with Crippen molar-refractivity contribution in [1.29, 1.82) is 0 Å². The summed E-state index contributed by atoms with van der Waals surface area (Å²) in [5.74, 6) is 0.633. The molecule has 0 heterocycles. The van der Waals surface area contributed by atoms with Gasteiger partial charge < -0.3 is 15.8 Å². The maximum atomic E-state index is 11.4. The largest absolute Gasteiger partial charge is 0.491 e. The minimum absolute atomic E-state index is 0.00813. The van der Waals surface area contributed by atoms with Crippen molar-refractivity contribution < 1.29 is 9.53 Å². The lowest BCUT2D eigenvalue weighted by atomic mass is 10.2. The molecule has 1 amide bonds. The van der Waals surface area contributed by atoms with Crippen molar-refractivity contribution in [3.05, 3.63) is 23.8 Å². The number of benzene rings is 1. The van der Waals surface area contributed by atoms with Crippen LogP contribution >= 0.6 is 0 Å². The standard InChI is InChI=1S/C13H20N2O2/c1-9(2)15-13(16)6-7-17-12-8-10(3)4-5-11(12)14/h4-5,8-9H,6-7,14H2,1-3H3,(H,15,16). The number of amides is 1. The Morgan fingerprint density at radius 2 is 2.18 bits per heavy atom. The van der Waals surface area contributed by atoms with Crippen molar-refractivity contribution >= 4 is 11.6 Å². The number of aryl methyl sites for hydroxylation is 1. The Labute approximate surface area is 102 Å². The number of nitrogens with two attached hydrogens (primary N) is 1. The molecule has 0 saturated heterocycles. The van der Waals surface area contributed by atoms with Gasteiger partial charge in [-0.3, -0.25) is 4.79 Å².